The van der Waals surface area contributed by atoms with Crippen molar-refractivity contribution in [3.05, 3.63) is 52.8 Å². The van der Waals surface area contributed by atoms with Gasteiger partial charge in [-0.3, -0.25) is 4.79 Å². The lowest BCUT2D eigenvalue weighted by molar-refractivity contribution is -0.115. The van der Waals surface area contributed by atoms with Gasteiger partial charge in [0.05, 0.1) is 6.61 Å². The summed E-state index contributed by atoms with van der Waals surface area (Å²) in [4.78, 5) is 12.0. The van der Waals surface area contributed by atoms with Gasteiger partial charge in [0, 0.05) is 10.6 Å². The highest BCUT2D eigenvalue weighted by Crippen LogP contribution is 2.15. The number of ketones is 1. The van der Waals surface area contributed by atoms with Gasteiger partial charge in [-0.2, -0.15) is 0 Å². The van der Waals surface area contributed by atoms with Crippen LogP contribution in [0.3, 0.4) is 0 Å². The maximum atomic E-state index is 12.0. The SMILES string of the molecule is C=C(OCC(C)C)C(=O)/C(C)=C/c1ccc(Cl)cc1. The number of rotatable bonds is 6. The smallest absolute Gasteiger partial charge is 0.222 e. The van der Waals surface area contributed by atoms with Crippen molar-refractivity contribution in [2.24, 2.45) is 5.92 Å². The quantitative estimate of drug-likeness (QED) is 0.566. The molecule has 19 heavy (non-hydrogen) atoms. The molecule has 0 saturated carbocycles. The van der Waals surface area contributed by atoms with Gasteiger partial charge in [0.15, 0.2) is 5.76 Å². The summed E-state index contributed by atoms with van der Waals surface area (Å²) >= 11 is 5.81. The summed E-state index contributed by atoms with van der Waals surface area (Å²) in [6, 6.07) is 7.29. The Morgan fingerprint density at radius 2 is 1.95 bits per heavy atom. The lowest BCUT2D eigenvalue weighted by Gasteiger charge is -2.10. The Kier molecular flexibility index (Phi) is 5.84. The zero-order valence-corrected chi connectivity index (χ0v) is 12.3. The van der Waals surface area contributed by atoms with Crippen molar-refractivity contribution in [1.82, 2.24) is 0 Å². The molecule has 2 nitrogen and oxygen atoms in total. The number of carbonyl (C=O) groups is 1. The molecule has 0 heterocycles. The zero-order valence-electron chi connectivity index (χ0n) is 11.6. The molecule has 3 heteroatoms. The number of halogens is 1. The zero-order chi connectivity index (χ0) is 14.4. The molecule has 1 rings (SSSR count). The summed E-state index contributed by atoms with van der Waals surface area (Å²) in [5.41, 5.74) is 1.52. The Morgan fingerprint density at radius 3 is 2.47 bits per heavy atom. The molecule has 0 unspecified atom stereocenters. The van der Waals surface area contributed by atoms with Crippen molar-refractivity contribution >= 4 is 23.5 Å². The number of carbonyl (C=O) groups excluding carboxylic acids is 1. The van der Waals surface area contributed by atoms with E-state index >= 15 is 0 Å². The fourth-order valence-corrected chi connectivity index (χ4v) is 1.55. The van der Waals surface area contributed by atoms with Crippen LogP contribution >= 0.6 is 11.6 Å². The van der Waals surface area contributed by atoms with E-state index in [-0.39, 0.29) is 11.5 Å². The van der Waals surface area contributed by atoms with E-state index in [1.54, 1.807) is 25.1 Å². The Bertz CT molecular complexity index is 484. The number of hydrogen-bond acceptors (Lipinski definition) is 2. The average molecular weight is 279 g/mol. The standard InChI is InChI=1S/C16H19ClO2/c1-11(2)10-19-13(4)16(18)12(3)9-14-5-7-15(17)8-6-14/h5-9,11H,4,10H2,1-3H3/b12-9+. The van der Waals surface area contributed by atoms with Gasteiger partial charge in [0.25, 0.3) is 0 Å². The van der Waals surface area contributed by atoms with E-state index < -0.39 is 0 Å². The monoisotopic (exact) mass is 278 g/mol. The van der Waals surface area contributed by atoms with E-state index in [9.17, 15) is 4.79 Å². The molecular weight excluding hydrogens is 260 g/mol. The topological polar surface area (TPSA) is 26.3 Å². The van der Waals surface area contributed by atoms with E-state index in [4.69, 9.17) is 16.3 Å². The van der Waals surface area contributed by atoms with Crippen LogP contribution in [0.1, 0.15) is 26.3 Å². The summed E-state index contributed by atoms with van der Waals surface area (Å²) < 4.78 is 5.34. The number of allylic oxidation sites excluding steroid dienone is 1. The summed E-state index contributed by atoms with van der Waals surface area (Å²) in [5.74, 6) is 0.386. The van der Waals surface area contributed by atoms with Gasteiger partial charge in [0.1, 0.15) is 0 Å². The van der Waals surface area contributed by atoms with Crippen LogP contribution in [0.25, 0.3) is 6.08 Å². The van der Waals surface area contributed by atoms with Crippen molar-refractivity contribution in [1.29, 1.82) is 0 Å². The number of hydrogen-bond donors (Lipinski definition) is 0. The van der Waals surface area contributed by atoms with E-state index in [2.05, 4.69) is 6.58 Å². The first-order valence-corrected chi connectivity index (χ1v) is 6.58. The molecule has 0 aliphatic rings. The highest BCUT2D eigenvalue weighted by atomic mass is 35.5. The molecule has 0 aromatic heterocycles. The second kappa shape index (κ2) is 7.15. The van der Waals surface area contributed by atoms with E-state index in [1.807, 2.05) is 26.0 Å². The van der Waals surface area contributed by atoms with Crippen molar-refractivity contribution in [3.63, 3.8) is 0 Å². The lowest BCUT2D eigenvalue weighted by Crippen LogP contribution is -2.10. The van der Waals surface area contributed by atoms with E-state index in [1.165, 1.54) is 0 Å². The van der Waals surface area contributed by atoms with Crippen molar-refractivity contribution in [2.75, 3.05) is 6.61 Å². The normalized spacial score (nSPS) is 11.5. The van der Waals surface area contributed by atoms with Crippen LogP contribution in [0, 0.1) is 5.92 Å². The minimum Gasteiger partial charge on any atom is -0.490 e. The Balaban J connectivity index is 2.70. The predicted octanol–water partition coefficient (Wildman–Crippen LogP) is 4.50. The third-order valence-electron chi connectivity index (χ3n) is 2.46. The highest BCUT2D eigenvalue weighted by Gasteiger charge is 2.11. The van der Waals surface area contributed by atoms with Crippen LogP contribution < -0.4 is 0 Å². The van der Waals surface area contributed by atoms with Crippen molar-refractivity contribution in [3.8, 4) is 0 Å². The fourth-order valence-electron chi connectivity index (χ4n) is 1.43. The van der Waals surface area contributed by atoms with Gasteiger partial charge < -0.3 is 4.74 Å². The molecule has 0 fully saturated rings. The van der Waals surface area contributed by atoms with E-state index in [0.29, 0.717) is 23.1 Å². The van der Waals surface area contributed by atoms with Gasteiger partial charge in [-0.25, -0.2) is 0 Å². The first-order valence-electron chi connectivity index (χ1n) is 6.20. The molecule has 0 spiro atoms. The highest BCUT2D eigenvalue weighted by molar-refractivity contribution is 6.30. The molecule has 1 aromatic rings. The van der Waals surface area contributed by atoms with Crippen LogP contribution in [0.15, 0.2) is 42.2 Å². The number of benzene rings is 1. The van der Waals surface area contributed by atoms with Crippen LogP contribution in [-0.2, 0) is 9.53 Å². The van der Waals surface area contributed by atoms with Gasteiger partial charge in [-0.15, -0.1) is 0 Å². The maximum absolute atomic E-state index is 12.0. The molecule has 0 aliphatic carbocycles. The number of Topliss-reactive ketones (excluding diaryl/α,β-unsaturated/α-hetero) is 1. The van der Waals surface area contributed by atoms with Gasteiger partial charge >= 0.3 is 0 Å². The lowest BCUT2D eigenvalue weighted by atomic mass is 10.1. The minimum atomic E-state index is -0.171. The third kappa shape index (κ3) is 5.31. The van der Waals surface area contributed by atoms with Gasteiger partial charge in [0.2, 0.25) is 5.78 Å². The fraction of sp³-hybridized carbons (Fsp3) is 0.312. The Hall–Kier alpha value is -1.54. The first kappa shape index (κ1) is 15.5. The molecule has 0 amide bonds. The van der Waals surface area contributed by atoms with Crippen LogP contribution in [-0.4, -0.2) is 12.4 Å². The summed E-state index contributed by atoms with van der Waals surface area (Å²) in [5, 5.41) is 0.672. The molecule has 0 radical (unpaired) electrons. The molecule has 1 aromatic carbocycles. The Morgan fingerprint density at radius 1 is 1.37 bits per heavy atom. The maximum Gasteiger partial charge on any atom is 0.222 e. The largest absolute Gasteiger partial charge is 0.490 e. The van der Waals surface area contributed by atoms with Crippen molar-refractivity contribution < 1.29 is 9.53 Å². The van der Waals surface area contributed by atoms with Crippen molar-refractivity contribution in [2.45, 2.75) is 20.8 Å². The van der Waals surface area contributed by atoms with E-state index in [0.717, 1.165) is 5.56 Å². The second-order valence-electron chi connectivity index (χ2n) is 4.84. The summed E-state index contributed by atoms with van der Waals surface area (Å²) in [6.45, 7) is 9.96. The minimum absolute atomic E-state index is 0.171. The van der Waals surface area contributed by atoms with Gasteiger partial charge in [-0.1, -0.05) is 44.2 Å². The first-order chi connectivity index (χ1) is 8.90. The summed E-state index contributed by atoms with van der Waals surface area (Å²) in [7, 11) is 0. The van der Waals surface area contributed by atoms with Gasteiger partial charge in [-0.05, 0) is 36.6 Å². The average Bonchev–Trinajstić information content (AvgIpc) is 2.37. The second-order valence-corrected chi connectivity index (χ2v) is 5.27. The molecule has 0 atom stereocenters. The van der Waals surface area contributed by atoms with Crippen LogP contribution in [0.4, 0.5) is 0 Å². The Labute approximate surface area is 119 Å². The molecular formula is C16H19ClO2. The molecule has 0 aliphatic heterocycles. The molecule has 0 saturated heterocycles. The molecule has 0 N–H and O–H groups in total. The third-order valence-corrected chi connectivity index (χ3v) is 2.71. The molecule has 102 valence electrons. The molecule has 0 bridgehead atoms. The number of ether oxygens (including phenoxy) is 1. The van der Waals surface area contributed by atoms with Crippen LogP contribution in [0.2, 0.25) is 5.02 Å². The van der Waals surface area contributed by atoms with Crippen LogP contribution in [0.5, 0.6) is 0 Å². The predicted molar refractivity (Wildman–Crippen MR) is 80.0 cm³/mol. The summed E-state index contributed by atoms with van der Waals surface area (Å²) in [6.07, 6.45) is 1.79.